The highest BCUT2D eigenvalue weighted by Gasteiger charge is 2.42. The molecule has 3 rings (SSSR count). The van der Waals surface area contributed by atoms with Gasteiger partial charge in [0, 0.05) is 25.2 Å². The van der Waals surface area contributed by atoms with Gasteiger partial charge in [0.15, 0.2) is 0 Å². The second-order valence-corrected chi connectivity index (χ2v) is 9.65. The minimum absolute atomic E-state index is 0.0143. The molecule has 0 bridgehead atoms. The molecular weight excluding hydrogens is 410 g/mol. The van der Waals surface area contributed by atoms with Gasteiger partial charge in [0.05, 0.1) is 15.9 Å². The number of hydrogen-bond acceptors (Lipinski definition) is 6. The summed E-state index contributed by atoms with van der Waals surface area (Å²) in [6.07, 6.45) is 0.605. The van der Waals surface area contributed by atoms with Crippen LogP contribution in [-0.2, 0) is 14.8 Å². The van der Waals surface area contributed by atoms with Gasteiger partial charge < -0.3 is 4.74 Å². The Labute approximate surface area is 168 Å². The van der Waals surface area contributed by atoms with Gasteiger partial charge in [-0.15, -0.1) is 0 Å². The Bertz CT molecular complexity index is 883. The Hall–Kier alpha value is -1.91. The van der Waals surface area contributed by atoms with Crippen molar-refractivity contribution in [1.29, 1.82) is 0 Å². The highest BCUT2D eigenvalue weighted by atomic mass is 35.5. The number of sulfonamides is 1. The van der Waals surface area contributed by atoms with E-state index in [-0.39, 0.29) is 47.1 Å². The molecule has 9 nitrogen and oxygen atoms in total. The summed E-state index contributed by atoms with van der Waals surface area (Å²) in [6.45, 7) is 4.83. The summed E-state index contributed by atoms with van der Waals surface area (Å²) in [7, 11) is -3.89. The summed E-state index contributed by atoms with van der Waals surface area (Å²) in [5, 5.41) is 10.9. The predicted octanol–water partition coefficient (Wildman–Crippen LogP) is 2.88. The molecule has 1 unspecified atom stereocenters. The zero-order chi connectivity index (χ0) is 20.6. The average Bonchev–Trinajstić information content (AvgIpc) is 3.03. The lowest BCUT2D eigenvalue weighted by atomic mass is 9.98. The first-order chi connectivity index (χ1) is 13.1. The molecular formula is C17H22ClN3O6S. The monoisotopic (exact) mass is 431 g/mol. The second-order valence-electron chi connectivity index (χ2n) is 7.30. The Kier molecular flexibility index (Phi) is 5.83. The molecule has 2 aliphatic rings. The maximum Gasteiger partial charge on any atom is 0.410 e. The summed E-state index contributed by atoms with van der Waals surface area (Å²) in [4.78, 5) is 24.0. The standard InChI is InChI=1S/C17H22ClN3O6S/c1-11(2)16-10-27-17(22)20(16)12-5-7-19(8-6-12)28(25,26)13-3-4-14(18)15(9-13)21(23)24/h3-4,9,11-12,16H,5-8,10H2,1-2H3. The second kappa shape index (κ2) is 7.84. The minimum Gasteiger partial charge on any atom is -0.447 e. The molecule has 0 aliphatic carbocycles. The Balaban J connectivity index is 1.75. The number of nitrogens with zero attached hydrogens (tertiary/aromatic N) is 3. The van der Waals surface area contributed by atoms with Crippen LogP contribution in [0.5, 0.6) is 0 Å². The lowest BCUT2D eigenvalue weighted by Gasteiger charge is -2.38. The van der Waals surface area contributed by atoms with Gasteiger partial charge in [-0.25, -0.2) is 13.2 Å². The van der Waals surface area contributed by atoms with E-state index in [0.29, 0.717) is 19.4 Å². The van der Waals surface area contributed by atoms with Crippen molar-refractivity contribution in [2.75, 3.05) is 19.7 Å². The summed E-state index contributed by atoms with van der Waals surface area (Å²) in [6, 6.07) is 3.36. The number of halogens is 1. The average molecular weight is 432 g/mol. The molecule has 0 N–H and O–H groups in total. The van der Waals surface area contributed by atoms with Crippen LogP contribution in [-0.4, -0.2) is 60.4 Å². The highest BCUT2D eigenvalue weighted by Crippen LogP contribution is 2.32. The van der Waals surface area contributed by atoms with Crippen LogP contribution in [0.3, 0.4) is 0 Å². The van der Waals surface area contributed by atoms with Crippen molar-refractivity contribution < 1.29 is 22.9 Å². The first-order valence-corrected chi connectivity index (χ1v) is 10.8. The third-order valence-electron chi connectivity index (χ3n) is 5.28. The fourth-order valence-corrected chi connectivity index (χ4v) is 5.36. The third-order valence-corrected chi connectivity index (χ3v) is 7.50. The first kappa shape index (κ1) is 20.8. The van der Waals surface area contributed by atoms with Crippen LogP contribution in [0.25, 0.3) is 0 Å². The van der Waals surface area contributed by atoms with Crippen LogP contribution in [0.4, 0.5) is 10.5 Å². The van der Waals surface area contributed by atoms with E-state index in [1.165, 1.54) is 16.4 Å². The van der Waals surface area contributed by atoms with E-state index >= 15 is 0 Å². The summed E-state index contributed by atoms with van der Waals surface area (Å²) in [5.74, 6) is 0.239. The van der Waals surface area contributed by atoms with Gasteiger partial charge in [-0.2, -0.15) is 4.31 Å². The summed E-state index contributed by atoms with van der Waals surface area (Å²) in [5.41, 5.74) is -0.447. The zero-order valence-corrected chi connectivity index (χ0v) is 17.1. The maximum absolute atomic E-state index is 12.9. The lowest BCUT2D eigenvalue weighted by molar-refractivity contribution is -0.384. The van der Waals surface area contributed by atoms with Gasteiger partial charge in [-0.3, -0.25) is 15.0 Å². The van der Waals surface area contributed by atoms with E-state index in [1.807, 2.05) is 13.8 Å². The van der Waals surface area contributed by atoms with Crippen LogP contribution in [0.1, 0.15) is 26.7 Å². The number of amides is 1. The molecule has 11 heteroatoms. The predicted molar refractivity (Wildman–Crippen MR) is 102 cm³/mol. The largest absolute Gasteiger partial charge is 0.447 e. The van der Waals surface area contributed by atoms with E-state index in [0.717, 1.165) is 6.07 Å². The van der Waals surface area contributed by atoms with Crippen molar-refractivity contribution in [3.63, 3.8) is 0 Å². The normalized spacial score (nSPS) is 21.9. The number of nitro benzene ring substituents is 1. The number of hydrogen-bond donors (Lipinski definition) is 0. The van der Waals surface area contributed by atoms with E-state index in [1.54, 1.807) is 4.90 Å². The molecule has 1 aromatic carbocycles. The van der Waals surface area contributed by atoms with Gasteiger partial charge >= 0.3 is 6.09 Å². The van der Waals surface area contributed by atoms with E-state index < -0.39 is 20.6 Å². The van der Waals surface area contributed by atoms with E-state index in [4.69, 9.17) is 16.3 Å². The first-order valence-electron chi connectivity index (χ1n) is 9.02. The van der Waals surface area contributed by atoms with Gasteiger partial charge in [0.2, 0.25) is 10.0 Å². The Morgan fingerprint density at radius 2 is 1.93 bits per heavy atom. The van der Waals surface area contributed by atoms with Gasteiger partial charge in [-0.05, 0) is 30.9 Å². The smallest absolute Gasteiger partial charge is 0.410 e. The number of benzene rings is 1. The van der Waals surface area contributed by atoms with Crippen molar-refractivity contribution in [3.8, 4) is 0 Å². The molecule has 0 saturated carbocycles. The number of ether oxygens (including phenoxy) is 1. The number of carbonyl (C=O) groups excluding carboxylic acids is 1. The maximum atomic E-state index is 12.9. The van der Waals surface area contributed by atoms with Crippen LogP contribution < -0.4 is 0 Å². The third kappa shape index (κ3) is 3.81. The molecule has 1 amide bonds. The quantitative estimate of drug-likeness (QED) is 0.523. The fraction of sp³-hybridized carbons (Fsp3) is 0.588. The summed E-state index contributed by atoms with van der Waals surface area (Å²) >= 11 is 5.77. The van der Waals surface area contributed by atoms with Gasteiger partial charge in [0.1, 0.15) is 11.6 Å². The number of rotatable bonds is 5. The number of nitro groups is 1. The molecule has 28 heavy (non-hydrogen) atoms. The molecule has 2 fully saturated rings. The molecule has 2 aliphatic heterocycles. The topological polar surface area (TPSA) is 110 Å². The number of piperidine rings is 1. The van der Waals surface area contributed by atoms with Crippen molar-refractivity contribution in [3.05, 3.63) is 33.3 Å². The SMILES string of the molecule is CC(C)C1COC(=O)N1C1CCN(S(=O)(=O)c2ccc(Cl)c([N+](=O)[O-])c2)CC1. The van der Waals surface area contributed by atoms with Crippen molar-refractivity contribution in [2.45, 2.75) is 43.7 Å². The van der Waals surface area contributed by atoms with Crippen molar-refractivity contribution in [2.24, 2.45) is 5.92 Å². The molecule has 154 valence electrons. The molecule has 2 saturated heterocycles. The van der Waals surface area contributed by atoms with Gasteiger partial charge in [-0.1, -0.05) is 25.4 Å². The van der Waals surface area contributed by atoms with Crippen LogP contribution in [0.15, 0.2) is 23.1 Å². The number of cyclic esters (lactones) is 1. The molecule has 0 radical (unpaired) electrons. The van der Waals surface area contributed by atoms with E-state index in [9.17, 15) is 23.3 Å². The van der Waals surface area contributed by atoms with Crippen LogP contribution in [0, 0.1) is 16.0 Å². The summed E-state index contributed by atoms with van der Waals surface area (Å²) < 4.78 is 32.3. The lowest BCUT2D eigenvalue weighted by Crippen LogP contribution is -2.50. The minimum atomic E-state index is -3.89. The molecule has 1 aromatic rings. The Morgan fingerprint density at radius 3 is 2.50 bits per heavy atom. The molecule has 0 spiro atoms. The number of carbonyl (C=O) groups is 1. The van der Waals surface area contributed by atoms with Crippen LogP contribution >= 0.6 is 11.6 Å². The molecule has 1 atom stereocenters. The molecule has 2 heterocycles. The highest BCUT2D eigenvalue weighted by molar-refractivity contribution is 7.89. The van der Waals surface area contributed by atoms with Crippen molar-refractivity contribution in [1.82, 2.24) is 9.21 Å². The molecule has 0 aromatic heterocycles. The Morgan fingerprint density at radius 1 is 1.29 bits per heavy atom. The van der Waals surface area contributed by atoms with E-state index in [2.05, 4.69) is 0 Å². The zero-order valence-electron chi connectivity index (χ0n) is 15.6. The van der Waals surface area contributed by atoms with Crippen molar-refractivity contribution >= 4 is 33.4 Å². The fourth-order valence-electron chi connectivity index (χ4n) is 3.68. The van der Waals surface area contributed by atoms with Crippen LogP contribution in [0.2, 0.25) is 5.02 Å². The van der Waals surface area contributed by atoms with Gasteiger partial charge in [0.25, 0.3) is 5.69 Å².